The molecule has 0 saturated carbocycles. The highest BCUT2D eigenvalue weighted by molar-refractivity contribution is 6.05. The lowest BCUT2D eigenvalue weighted by atomic mass is 10.0. The average Bonchev–Trinajstić information content (AvgIpc) is 3.75. The number of likely N-dealkylation sites (tertiary alicyclic amines) is 1. The lowest BCUT2D eigenvalue weighted by molar-refractivity contribution is -0.136. The lowest BCUT2D eigenvalue weighted by Crippen LogP contribution is -2.52. The van der Waals surface area contributed by atoms with Gasteiger partial charge in [0.2, 0.25) is 11.8 Å². The van der Waals surface area contributed by atoms with Gasteiger partial charge in [-0.2, -0.15) is 0 Å². The highest BCUT2D eigenvalue weighted by Crippen LogP contribution is 2.33. The van der Waals surface area contributed by atoms with Gasteiger partial charge in [0.15, 0.2) is 0 Å². The standard InChI is InChI=1S/C34H38FN5O6/c1-44-19-23-15-38(14-20-11-21-3-7-30(36-32(21)27(35)12-20)39-10-9-25(17-39)45-2)18-29(23)46-24-4-5-26-22(13-24)16-40(34(26)43)28-6-8-31(41)37-33(28)42/h3-5,7,11-13,23,25,28-29H,6,8-10,14-19H2,1-2H3,(H,37,41,42)/t23-,25-,28-,29+/m0/s1. The van der Waals surface area contributed by atoms with Crippen molar-refractivity contribution in [3.63, 3.8) is 0 Å². The Morgan fingerprint density at radius 3 is 2.67 bits per heavy atom. The molecular weight excluding hydrogens is 593 g/mol. The van der Waals surface area contributed by atoms with E-state index >= 15 is 4.39 Å². The van der Waals surface area contributed by atoms with Crippen LogP contribution in [-0.2, 0) is 32.2 Å². The molecule has 0 unspecified atom stereocenters. The molecule has 11 nitrogen and oxygen atoms in total. The first kappa shape index (κ1) is 30.5. The number of fused-ring (bicyclic) bond motifs is 2. The maximum atomic E-state index is 15.4. The summed E-state index contributed by atoms with van der Waals surface area (Å²) in [5, 5.41) is 3.10. The summed E-state index contributed by atoms with van der Waals surface area (Å²) in [6.07, 6.45) is 1.45. The molecule has 4 aliphatic rings. The number of carbonyl (C=O) groups excluding carboxylic acids is 3. The summed E-state index contributed by atoms with van der Waals surface area (Å²) < 4.78 is 32.9. The second-order valence-electron chi connectivity index (χ2n) is 12.7. The van der Waals surface area contributed by atoms with Gasteiger partial charge < -0.3 is 24.0 Å². The molecule has 242 valence electrons. The number of benzene rings is 2. The smallest absolute Gasteiger partial charge is 0.255 e. The molecule has 0 radical (unpaired) electrons. The molecule has 0 aliphatic carbocycles. The van der Waals surface area contributed by atoms with E-state index in [2.05, 4.69) is 20.1 Å². The third kappa shape index (κ3) is 5.92. The fraction of sp³-hybridized carbons (Fsp3) is 0.471. The van der Waals surface area contributed by atoms with E-state index in [1.165, 1.54) is 4.90 Å². The van der Waals surface area contributed by atoms with Crippen molar-refractivity contribution in [1.82, 2.24) is 20.1 Å². The van der Waals surface area contributed by atoms with Gasteiger partial charge in [0.25, 0.3) is 5.91 Å². The minimum Gasteiger partial charge on any atom is -0.489 e. The molecule has 12 heteroatoms. The molecule has 4 aliphatic heterocycles. The summed E-state index contributed by atoms with van der Waals surface area (Å²) in [6, 6.07) is 12.2. The van der Waals surface area contributed by atoms with Crippen LogP contribution in [0, 0.1) is 11.7 Å². The molecule has 3 amide bonds. The Labute approximate surface area is 266 Å². The maximum Gasteiger partial charge on any atom is 0.255 e. The monoisotopic (exact) mass is 631 g/mol. The fourth-order valence-electron chi connectivity index (χ4n) is 7.26. The summed E-state index contributed by atoms with van der Waals surface area (Å²) >= 11 is 0. The topological polar surface area (TPSA) is 114 Å². The normalized spacial score (nSPS) is 25.1. The van der Waals surface area contributed by atoms with E-state index in [1.54, 1.807) is 32.4 Å². The average molecular weight is 632 g/mol. The highest BCUT2D eigenvalue weighted by atomic mass is 19.1. The van der Waals surface area contributed by atoms with Crippen molar-refractivity contribution in [3.05, 3.63) is 65.0 Å². The van der Waals surface area contributed by atoms with E-state index in [0.717, 1.165) is 48.4 Å². The van der Waals surface area contributed by atoms with Crippen molar-refractivity contribution in [2.75, 3.05) is 51.9 Å². The van der Waals surface area contributed by atoms with E-state index in [-0.39, 0.29) is 48.7 Å². The van der Waals surface area contributed by atoms with E-state index in [9.17, 15) is 14.4 Å². The summed E-state index contributed by atoms with van der Waals surface area (Å²) in [4.78, 5) is 47.7. The van der Waals surface area contributed by atoms with Gasteiger partial charge in [-0.25, -0.2) is 9.37 Å². The van der Waals surface area contributed by atoms with Gasteiger partial charge in [0.05, 0.1) is 12.7 Å². The molecule has 3 aromatic rings. The predicted octanol–water partition coefficient (Wildman–Crippen LogP) is 2.89. The number of carbonyl (C=O) groups is 3. The molecule has 3 fully saturated rings. The zero-order valence-corrected chi connectivity index (χ0v) is 26.0. The van der Waals surface area contributed by atoms with Crippen molar-refractivity contribution < 1.29 is 33.0 Å². The number of hydrogen-bond acceptors (Lipinski definition) is 9. The van der Waals surface area contributed by atoms with Gasteiger partial charge in [-0.1, -0.05) is 0 Å². The SMILES string of the molecule is COC[C@@H]1CN(Cc2cc(F)c3nc(N4CC[C@H](OC)C4)ccc3c2)C[C@H]1Oc1ccc2c(c1)CN([C@H]1CCC(=O)NC1=O)C2=O. The Morgan fingerprint density at radius 1 is 1.02 bits per heavy atom. The van der Waals surface area contributed by atoms with Crippen LogP contribution < -0.4 is 15.0 Å². The Morgan fingerprint density at radius 2 is 1.89 bits per heavy atom. The van der Waals surface area contributed by atoms with Gasteiger partial charge in [-0.05, 0) is 66.4 Å². The minimum absolute atomic E-state index is 0.0887. The zero-order valence-electron chi connectivity index (χ0n) is 26.0. The van der Waals surface area contributed by atoms with Gasteiger partial charge in [0.1, 0.15) is 35.0 Å². The van der Waals surface area contributed by atoms with Gasteiger partial charge >= 0.3 is 0 Å². The van der Waals surface area contributed by atoms with E-state index in [4.69, 9.17) is 14.2 Å². The first-order valence-corrected chi connectivity index (χ1v) is 15.8. The predicted molar refractivity (Wildman–Crippen MR) is 167 cm³/mol. The number of halogens is 1. The number of hydrogen-bond donors (Lipinski definition) is 1. The lowest BCUT2D eigenvalue weighted by Gasteiger charge is -2.29. The van der Waals surface area contributed by atoms with E-state index < -0.39 is 11.9 Å². The number of rotatable bonds is 9. The van der Waals surface area contributed by atoms with Crippen LogP contribution in [0.2, 0.25) is 0 Å². The van der Waals surface area contributed by atoms with Crippen LogP contribution in [0.4, 0.5) is 10.2 Å². The molecule has 1 N–H and O–H groups in total. The molecule has 0 bridgehead atoms. The number of piperidine rings is 1. The number of aromatic nitrogens is 1. The van der Waals surface area contributed by atoms with Crippen LogP contribution in [0.15, 0.2) is 42.5 Å². The summed E-state index contributed by atoms with van der Waals surface area (Å²) in [7, 11) is 3.38. The van der Waals surface area contributed by atoms with Crippen molar-refractivity contribution in [3.8, 4) is 5.75 Å². The number of ether oxygens (including phenoxy) is 3. The number of amides is 3. The molecule has 2 aromatic carbocycles. The van der Waals surface area contributed by atoms with Gasteiger partial charge in [0, 0.05) is 76.8 Å². The molecule has 4 atom stereocenters. The molecule has 5 heterocycles. The Kier molecular flexibility index (Phi) is 8.35. The van der Waals surface area contributed by atoms with Crippen molar-refractivity contribution >= 4 is 34.4 Å². The number of nitrogens with one attached hydrogen (secondary N) is 1. The Balaban J connectivity index is 1.02. The van der Waals surface area contributed by atoms with Crippen LogP contribution in [0.3, 0.4) is 0 Å². The third-order valence-corrected chi connectivity index (χ3v) is 9.62. The molecule has 7 rings (SSSR count). The van der Waals surface area contributed by atoms with E-state index in [0.29, 0.717) is 42.9 Å². The zero-order chi connectivity index (χ0) is 31.9. The summed E-state index contributed by atoms with van der Waals surface area (Å²) in [5.74, 6) is 0.191. The summed E-state index contributed by atoms with van der Waals surface area (Å²) in [5.41, 5.74) is 2.56. The largest absolute Gasteiger partial charge is 0.489 e. The van der Waals surface area contributed by atoms with Crippen LogP contribution in [-0.4, -0.2) is 97.8 Å². The van der Waals surface area contributed by atoms with Gasteiger partial charge in [-0.15, -0.1) is 0 Å². The van der Waals surface area contributed by atoms with Crippen molar-refractivity contribution in [2.45, 2.75) is 50.6 Å². The molecule has 0 spiro atoms. The van der Waals surface area contributed by atoms with Crippen LogP contribution in [0.1, 0.15) is 40.7 Å². The maximum absolute atomic E-state index is 15.4. The summed E-state index contributed by atoms with van der Waals surface area (Å²) in [6.45, 7) is 4.27. The molecule has 46 heavy (non-hydrogen) atoms. The number of imide groups is 1. The van der Waals surface area contributed by atoms with Crippen molar-refractivity contribution in [1.29, 1.82) is 0 Å². The van der Waals surface area contributed by atoms with Crippen LogP contribution >= 0.6 is 0 Å². The number of anilines is 1. The quantitative estimate of drug-likeness (QED) is 0.356. The van der Waals surface area contributed by atoms with E-state index in [1.807, 2.05) is 24.3 Å². The van der Waals surface area contributed by atoms with Crippen LogP contribution in [0.5, 0.6) is 5.75 Å². The fourth-order valence-corrected chi connectivity index (χ4v) is 7.26. The van der Waals surface area contributed by atoms with Crippen LogP contribution in [0.25, 0.3) is 10.9 Å². The highest BCUT2D eigenvalue weighted by Gasteiger charge is 2.40. The second kappa shape index (κ2) is 12.6. The number of nitrogens with zero attached hydrogens (tertiary/aromatic N) is 4. The molecule has 1 aromatic heterocycles. The molecule has 3 saturated heterocycles. The third-order valence-electron chi connectivity index (χ3n) is 9.62. The molecular formula is C34H38FN5O6. The Bertz CT molecular complexity index is 1690. The second-order valence-corrected chi connectivity index (χ2v) is 12.7. The first-order chi connectivity index (χ1) is 22.3. The number of pyridine rings is 1. The minimum atomic E-state index is -0.664. The van der Waals surface area contributed by atoms with Gasteiger partial charge in [-0.3, -0.25) is 24.6 Å². The first-order valence-electron chi connectivity index (χ1n) is 15.8. The van der Waals surface area contributed by atoms with Crippen molar-refractivity contribution in [2.24, 2.45) is 5.92 Å². The number of methoxy groups -OCH3 is 2. The Hall–Kier alpha value is -4.13.